The Hall–Kier alpha value is -2.83. The van der Waals surface area contributed by atoms with Gasteiger partial charge in [0.1, 0.15) is 6.04 Å². The molecular weight excluding hydrogens is 452 g/mol. The number of rotatable bonds is 11. The molecule has 7 nitrogen and oxygen atoms in total. The van der Waals surface area contributed by atoms with Crippen molar-refractivity contribution in [2.24, 2.45) is 5.92 Å². The molecule has 1 atom stereocenters. The van der Waals surface area contributed by atoms with E-state index in [4.69, 9.17) is 0 Å². The van der Waals surface area contributed by atoms with Crippen LogP contribution < -0.4 is 5.32 Å². The van der Waals surface area contributed by atoms with Gasteiger partial charge in [-0.15, -0.1) is 0 Å². The smallest absolute Gasteiger partial charge is 0.245 e. The molecule has 1 aromatic carbocycles. The van der Waals surface area contributed by atoms with E-state index in [1.54, 1.807) is 4.90 Å². The van der Waals surface area contributed by atoms with Crippen LogP contribution in [-0.2, 0) is 20.8 Å². The number of likely N-dealkylation sites (tertiary alicyclic amines) is 1. The summed E-state index contributed by atoms with van der Waals surface area (Å²) in [6.45, 7) is 4.39. The summed E-state index contributed by atoms with van der Waals surface area (Å²) in [5, 5.41) is 4.07. The number of amides is 3. The maximum Gasteiger partial charge on any atom is 0.245 e. The minimum Gasteiger partial charge on any atom is -0.361 e. The number of hydrogen-bond acceptors (Lipinski definition) is 3. The van der Waals surface area contributed by atoms with Crippen molar-refractivity contribution in [3.8, 4) is 0 Å². The van der Waals surface area contributed by atoms with E-state index in [2.05, 4.69) is 17.2 Å². The van der Waals surface area contributed by atoms with E-state index in [0.29, 0.717) is 18.9 Å². The van der Waals surface area contributed by atoms with E-state index in [9.17, 15) is 14.4 Å². The third-order valence-electron chi connectivity index (χ3n) is 7.81. The van der Waals surface area contributed by atoms with Gasteiger partial charge >= 0.3 is 0 Å². The van der Waals surface area contributed by atoms with Crippen LogP contribution in [0, 0.1) is 5.92 Å². The van der Waals surface area contributed by atoms with Gasteiger partial charge in [0.15, 0.2) is 0 Å². The van der Waals surface area contributed by atoms with Crippen molar-refractivity contribution in [1.29, 1.82) is 0 Å². The Morgan fingerprint density at radius 2 is 1.83 bits per heavy atom. The second kappa shape index (κ2) is 12.9. The quantitative estimate of drug-likeness (QED) is 0.485. The molecule has 1 aliphatic carbocycles. The summed E-state index contributed by atoms with van der Waals surface area (Å²) in [4.78, 5) is 46.9. The first-order chi connectivity index (χ1) is 17.5. The molecule has 2 aromatic rings. The number of carbonyl (C=O) groups excluding carboxylic acids is 3. The standard InChI is InChI=1S/C29H42N4O3/c1-2-3-14-26(31-27(34)18-23-19-30-25-15-8-7-13-24(23)25)29(36)33(20-22-11-5-4-6-12-22)21-28(35)32-16-9-10-17-32/h7-8,13,15,19,22,26,30H,2-6,9-12,14,16-18,20-21H2,1H3,(H,31,34)/t26-/m0/s1. The molecule has 1 saturated heterocycles. The van der Waals surface area contributed by atoms with Gasteiger partial charge in [-0.2, -0.15) is 0 Å². The summed E-state index contributed by atoms with van der Waals surface area (Å²) in [7, 11) is 0. The fraction of sp³-hybridized carbons (Fsp3) is 0.621. The molecule has 2 heterocycles. The van der Waals surface area contributed by atoms with Crippen molar-refractivity contribution in [1.82, 2.24) is 20.1 Å². The van der Waals surface area contributed by atoms with Gasteiger partial charge in [0, 0.05) is 36.7 Å². The number of benzene rings is 1. The van der Waals surface area contributed by atoms with Crippen LogP contribution >= 0.6 is 0 Å². The molecule has 1 saturated carbocycles. The molecular formula is C29H42N4O3. The van der Waals surface area contributed by atoms with Crippen LogP contribution in [0.2, 0.25) is 0 Å². The van der Waals surface area contributed by atoms with E-state index in [-0.39, 0.29) is 30.7 Å². The van der Waals surface area contributed by atoms with Crippen molar-refractivity contribution in [2.45, 2.75) is 83.6 Å². The van der Waals surface area contributed by atoms with Gasteiger partial charge in [-0.05, 0) is 49.7 Å². The number of H-pyrrole nitrogens is 1. The van der Waals surface area contributed by atoms with Gasteiger partial charge in [-0.3, -0.25) is 14.4 Å². The normalized spacial score (nSPS) is 17.3. The highest BCUT2D eigenvalue weighted by Gasteiger charge is 2.31. The summed E-state index contributed by atoms with van der Waals surface area (Å²) < 4.78 is 0. The predicted octanol–water partition coefficient (Wildman–Crippen LogP) is 4.42. The number of para-hydroxylation sites is 1. The van der Waals surface area contributed by atoms with Crippen LogP contribution in [-0.4, -0.2) is 64.7 Å². The first-order valence-electron chi connectivity index (χ1n) is 14.0. The number of unbranched alkanes of at least 4 members (excludes halogenated alkanes) is 1. The molecule has 196 valence electrons. The Balaban J connectivity index is 1.46. The minimum absolute atomic E-state index is 0.0380. The SMILES string of the molecule is CCCC[C@H](NC(=O)Cc1c[nH]c2ccccc12)C(=O)N(CC(=O)N1CCCC1)CC1CCCCC1. The van der Waals surface area contributed by atoms with Gasteiger partial charge in [0.2, 0.25) is 17.7 Å². The molecule has 2 aliphatic rings. The van der Waals surface area contributed by atoms with Crippen LogP contribution in [0.15, 0.2) is 30.5 Å². The minimum atomic E-state index is -0.599. The highest BCUT2D eigenvalue weighted by atomic mass is 16.2. The number of aromatic nitrogens is 1. The molecule has 1 aliphatic heterocycles. The van der Waals surface area contributed by atoms with Crippen LogP contribution in [0.25, 0.3) is 10.9 Å². The number of aromatic amines is 1. The fourth-order valence-corrected chi connectivity index (χ4v) is 5.73. The topological polar surface area (TPSA) is 85.5 Å². The Morgan fingerprint density at radius 1 is 1.08 bits per heavy atom. The second-order valence-electron chi connectivity index (χ2n) is 10.6. The molecule has 2 N–H and O–H groups in total. The van der Waals surface area contributed by atoms with Gasteiger partial charge in [-0.1, -0.05) is 57.2 Å². The summed E-state index contributed by atoms with van der Waals surface area (Å²) in [5.41, 5.74) is 1.92. The Kier molecular flexibility index (Phi) is 9.42. The van der Waals surface area contributed by atoms with E-state index < -0.39 is 6.04 Å². The summed E-state index contributed by atoms with van der Waals surface area (Å²) in [6, 6.07) is 7.32. The fourth-order valence-electron chi connectivity index (χ4n) is 5.73. The third-order valence-corrected chi connectivity index (χ3v) is 7.81. The first-order valence-corrected chi connectivity index (χ1v) is 14.0. The lowest BCUT2D eigenvalue weighted by atomic mass is 9.88. The van der Waals surface area contributed by atoms with Crippen molar-refractivity contribution in [3.63, 3.8) is 0 Å². The van der Waals surface area contributed by atoms with Gasteiger partial charge < -0.3 is 20.1 Å². The first kappa shape index (κ1) is 26.2. The van der Waals surface area contributed by atoms with E-state index >= 15 is 0 Å². The monoisotopic (exact) mass is 494 g/mol. The predicted molar refractivity (Wildman–Crippen MR) is 142 cm³/mol. The maximum atomic E-state index is 13.9. The van der Waals surface area contributed by atoms with Crippen LogP contribution in [0.1, 0.15) is 76.7 Å². The molecule has 3 amide bonds. The number of fused-ring (bicyclic) bond motifs is 1. The van der Waals surface area contributed by atoms with E-state index in [1.807, 2.05) is 35.4 Å². The lowest BCUT2D eigenvalue weighted by Gasteiger charge is -2.33. The van der Waals surface area contributed by atoms with Crippen LogP contribution in [0.4, 0.5) is 0 Å². The Labute approximate surface area is 215 Å². The van der Waals surface area contributed by atoms with Crippen LogP contribution in [0.5, 0.6) is 0 Å². The summed E-state index contributed by atoms with van der Waals surface area (Å²) in [6.07, 6.45) is 12.4. The average Bonchev–Trinajstić information content (AvgIpc) is 3.57. The number of nitrogens with zero attached hydrogens (tertiary/aromatic N) is 2. The zero-order valence-corrected chi connectivity index (χ0v) is 21.8. The van der Waals surface area contributed by atoms with E-state index in [1.165, 1.54) is 19.3 Å². The Bertz CT molecular complexity index is 1020. The maximum absolute atomic E-state index is 13.9. The molecule has 2 fully saturated rings. The molecule has 4 rings (SSSR count). The average molecular weight is 495 g/mol. The van der Waals surface area contributed by atoms with Gasteiger partial charge in [0.25, 0.3) is 0 Å². The lowest BCUT2D eigenvalue weighted by molar-refractivity contribution is -0.143. The molecule has 0 unspecified atom stereocenters. The van der Waals surface area contributed by atoms with Crippen molar-refractivity contribution in [2.75, 3.05) is 26.2 Å². The molecule has 0 radical (unpaired) electrons. The van der Waals surface area contributed by atoms with E-state index in [0.717, 1.165) is 68.1 Å². The van der Waals surface area contributed by atoms with Crippen LogP contribution in [0.3, 0.4) is 0 Å². The molecule has 0 spiro atoms. The van der Waals surface area contributed by atoms with Crippen molar-refractivity contribution in [3.05, 3.63) is 36.0 Å². The largest absolute Gasteiger partial charge is 0.361 e. The summed E-state index contributed by atoms with van der Waals surface area (Å²) >= 11 is 0. The molecule has 36 heavy (non-hydrogen) atoms. The highest BCUT2D eigenvalue weighted by Crippen LogP contribution is 2.25. The molecule has 1 aromatic heterocycles. The van der Waals surface area contributed by atoms with Gasteiger partial charge in [0.05, 0.1) is 13.0 Å². The number of carbonyl (C=O) groups is 3. The van der Waals surface area contributed by atoms with Crippen molar-refractivity contribution >= 4 is 28.6 Å². The molecule has 7 heteroatoms. The number of hydrogen-bond donors (Lipinski definition) is 2. The molecule has 0 bridgehead atoms. The third kappa shape index (κ3) is 6.89. The zero-order chi connectivity index (χ0) is 25.3. The number of nitrogens with one attached hydrogen (secondary N) is 2. The zero-order valence-electron chi connectivity index (χ0n) is 21.8. The van der Waals surface area contributed by atoms with Crippen molar-refractivity contribution < 1.29 is 14.4 Å². The Morgan fingerprint density at radius 3 is 2.58 bits per heavy atom. The summed E-state index contributed by atoms with van der Waals surface area (Å²) in [5.74, 6) is 0.213. The van der Waals surface area contributed by atoms with Gasteiger partial charge in [-0.25, -0.2) is 0 Å². The second-order valence-corrected chi connectivity index (χ2v) is 10.6. The lowest BCUT2D eigenvalue weighted by Crippen LogP contribution is -2.52. The highest BCUT2D eigenvalue weighted by molar-refractivity contribution is 5.93.